The summed E-state index contributed by atoms with van der Waals surface area (Å²) in [5.41, 5.74) is 2.41. The minimum atomic E-state index is -0.768. The molecule has 3 nitrogen and oxygen atoms in total. The molecular formula is C15H23NO2. The van der Waals surface area contributed by atoms with Crippen LogP contribution in [0.1, 0.15) is 30.9 Å². The first-order chi connectivity index (χ1) is 8.54. The summed E-state index contributed by atoms with van der Waals surface area (Å²) in [5, 5.41) is 9.13. The largest absolute Gasteiger partial charge is 0.480 e. The second-order valence-corrected chi connectivity index (χ2v) is 4.94. The number of benzene rings is 1. The Morgan fingerprint density at radius 3 is 2.22 bits per heavy atom. The number of hydrogen-bond donors (Lipinski definition) is 1. The van der Waals surface area contributed by atoms with Gasteiger partial charge in [-0.05, 0) is 44.5 Å². The van der Waals surface area contributed by atoms with Crippen LogP contribution in [0.4, 0.5) is 0 Å². The van der Waals surface area contributed by atoms with Gasteiger partial charge in [0.05, 0.1) is 0 Å². The van der Waals surface area contributed by atoms with Crippen LogP contribution in [0, 0.1) is 0 Å². The molecule has 0 aliphatic rings. The van der Waals surface area contributed by atoms with Gasteiger partial charge in [-0.25, -0.2) is 0 Å². The van der Waals surface area contributed by atoms with Crippen molar-refractivity contribution in [3.05, 3.63) is 35.4 Å². The molecule has 1 atom stereocenters. The van der Waals surface area contributed by atoms with E-state index in [4.69, 9.17) is 5.11 Å². The molecule has 1 aromatic rings. The first-order valence-electron chi connectivity index (χ1n) is 6.51. The van der Waals surface area contributed by atoms with Gasteiger partial charge in [-0.3, -0.25) is 9.69 Å². The lowest BCUT2D eigenvalue weighted by Crippen LogP contribution is -2.37. The molecule has 0 aliphatic carbocycles. The SMILES string of the molecule is CCCCc1ccc(CC(C(=O)O)N(C)C)cc1. The van der Waals surface area contributed by atoms with Gasteiger partial charge in [0.25, 0.3) is 0 Å². The van der Waals surface area contributed by atoms with Gasteiger partial charge in [0.2, 0.25) is 0 Å². The highest BCUT2D eigenvalue weighted by Crippen LogP contribution is 2.11. The van der Waals surface area contributed by atoms with E-state index in [0.29, 0.717) is 6.42 Å². The second kappa shape index (κ2) is 7.17. The van der Waals surface area contributed by atoms with E-state index in [2.05, 4.69) is 19.1 Å². The number of aliphatic carboxylic acids is 1. The summed E-state index contributed by atoms with van der Waals surface area (Å²) in [7, 11) is 3.60. The maximum Gasteiger partial charge on any atom is 0.321 e. The number of carbonyl (C=O) groups is 1. The smallest absolute Gasteiger partial charge is 0.321 e. The highest BCUT2D eigenvalue weighted by Gasteiger charge is 2.19. The molecule has 1 unspecified atom stereocenters. The predicted octanol–water partition coefficient (Wildman–Crippen LogP) is 2.59. The lowest BCUT2D eigenvalue weighted by Gasteiger charge is -2.20. The first-order valence-corrected chi connectivity index (χ1v) is 6.51. The summed E-state index contributed by atoms with van der Waals surface area (Å²) < 4.78 is 0. The Morgan fingerprint density at radius 2 is 1.78 bits per heavy atom. The molecule has 0 saturated heterocycles. The molecule has 18 heavy (non-hydrogen) atoms. The highest BCUT2D eigenvalue weighted by atomic mass is 16.4. The molecule has 0 saturated carbocycles. The van der Waals surface area contributed by atoms with Gasteiger partial charge in [0.15, 0.2) is 0 Å². The fourth-order valence-corrected chi connectivity index (χ4v) is 1.94. The van der Waals surface area contributed by atoms with Gasteiger partial charge in [-0.2, -0.15) is 0 Å². The van der Waals surface area contributed by atoms with Gasteiger partial charge in [-0.1, -0.05) is 37.6 Å². The lowest BCUT2D eigenvalue weighted by molar-refractivity contribution is -0.142. The predicted molar refractivity (Wildman–Crippen MR) is 73.9 cm³/mol. The van der Waals surface area contributed by atoms with Gasteiger partial charge >= 0.3 is 5.97 Å². The molecule has 0 radical (unpaired) electrons. The Balaban J connectivity index is 2.64. The third-order valence-electron chi connectivity index (χ3n) is 3.18. The van der Waals surface area contributed by atoms with Crippen molar-refractivity contribution in [1.29, 1.82) is 0 Å². The van der Waals surface area contributed by atoms with Crippen LogP contribution in [-0.2, 0) is 17.6 Å². The summed E-state index contributed by atoms with van der Waals surface area (Å²) in [5.74, 6) is -0.768. The monoisotopic (exact) mass is 249 g/mol. The van der Waals surface area contributed by atoms with E-state index in [9.17, 15) is 4.79 Å². The van der Waals surface area contributed by atoms with Gasteiger partial charge in [-0.15, -0.1) is 0 Å². The number of hydrogen-bond acceptors (Lipinski definition) is 2. The van der Waals surface area contributed by atoms with Gasteiger partial charge < -0.3 is 5.11 Å². The molecule has 0 bridgehead atoms. The normalized spacial score (nSPS) is 12.7. The van der Waals surface area contributed by atoms with Crippen molar-refractivity contribution in [2.45, 2.75) is 38.6 Å². The van der Waals surface area contributed by atoms with Crippen LogP contribution in [0.2, 0.25) is 0 Å². The minimum absolute atomic E-state index is 0.452. The Morgan fingerprint density at radius 1 is 1.22 bits per heavy atom. The fraction of sp³-hybridized carbons (Fsp3) is 0.533. The van der Waals surface area contributed by atoms with Crippen LogP contribution in [0.3, 0.4) is 0 Å². The zero-order valence-electron chi connectivity index (χ0n) is 11.5. The Hall–Kier alpha value is -1.35. The Bertz CT molecular complexity index is 371. The van der Waals surface area contributed by atoms with Gasteiger partial charge in [0.1, 0.15) is 6.04 Å². The molecule has 1 aromatic carbocycles. The minimum Gasteiger partial charge on any atom is -0.480 e. The molecule has 0 aliphatic heterocycles. The first kappa shape index (κ1) is 14.7. The van der Waals surface area contributed by atoms with E-state index < -0.39 is 12.0 Å². The molecule has 1 rings (SSSR count). The molecule has 0 heterocycles. The third-order valence-corrected chi connectivity index (χ3v) is 3.18. The quantitative estimate of drug-likeness (QED) is 0.807. The topological polar surface area (TPSA) is 40.5 Å². The number of nitrogens with zero attached hydrogens (tertiary/aromatic N) is 1. The molecule has 3 heteroatoms. The van der Waals surface area contributed by atoms with Crippen molar-refractivity contribution in [3.8, 4) is 0 Å². The van der Waals surface area contributed by atoms with E-state index in [1.54, 1.807) is 19.0 Å². The van der Waals surface area contributed by atoms with Crippen LogP contribution in [0.25, 0.3) is 0 Å². The van der Waals surface area contributed by atoms with Crippen LogP contribution in [-0.4, -0.2) is 36.1 Å². The fourth-order valence-electron chi connectivity index (χ4n) is 1.94. The van der Waals surface area contributed by atoms with E-state index in [0.717, 1.165) is 12.0 Å². The number of unbranched alkanes of at least 4 members (excludes halogenated alkanes) is 1. The Labute approximate surface area is 109 Å². The maximum absolute atomic E-state index is 11.1. The van der Waals surface area contributed by atoms with Crippen molar-refractivity contribution in [2.75, 3.05) is 14.1 Å². The van der Waals surface area contributed by atoms with E-state index in [1.807, 2.05) is 12.1 Å². The molecule has 0 amide bonds. The molecule has 0 spiro atoms. The number of rotatable bonds is 7. The average molecular weight is 249 g/mol. The van der Waals surface area contributed by atoms with E-state index in [-0.39, 0.29) is 0 Å². The van der Waals surface area contributed by atoms with E-state index >= 15 is 0 Å². The number of carboxylic acid groups (broad SMARTS) is 1. The molecule has 100 valence electrons. The summed E-state index contributed by atoms with van der Waals surface area (Å²) >= 11 is 0. The van der Waals surface area contributed by atoms with E-state index in [1.165, 1.54) is 18.4 Å². The standard InChI is InChI=1S/C15H23NO2/c1-4-5-6-12-7-9-13(10-8-12)11-14(15(17)18)16(2)3/h7-10,14H,4-6,11H2,1-3H3,(H,17,18). The number of aryl methyl sites for hydroxylation is 1. The highest BCUT2D eigenvalue weighted by molar-refractivity contribution is 5.73. The molecule has 1 N–H and O–H groups in total. The Kier molecular flexibility index (Phi) is 5.86. The summed E-state index contributed by atoms with van der Waals surface area (Å²) in [6.45, 7) is 2.18. The summed E-state index contributed by atoms with van der Waals surface area (Å²) in [4.78, 5) is 12.9. The van der Waals surface area contributed by atoms with Crippen LogP contribution < -0.4 is 0 Å². The van der Waals surface area contributed by atoms with Crippen LogP contribution in [0.15, 0.2) is 24.3 Å². The van der Waals surface area contributed by atoms with Gasteiger partial charge in [0, 0.05) is 0 Å². The maximum atomic E-state index is 11.1. The third kappa shape index (κ3) is 4.49. The van der Waals surface area contributed by atoms with Crippen molar-refractivity contribution in [3.63, 3.8) is 0 Å². The van der Waals surface area contributed by atoms with Crippen LogP contribution in [0.5, 0.6) is 0 Å². The molecule has 0 fully saturated rings. The average Bonchev–Trinajstić information content (AvgIpc) is 2.34. The zero-order valence-corrected chi connectivity index (χ0v) is 11.5. The van der Waals surface area contributed by atoms with Crippen molar-refractivity contribution >= 4 is 5.97 Å². The summed E-state index contributed by atoms with van der Waals surface area (Å²) in [6.07, 6.45) is 4.06. The van der Waals surface area contributed by atoms with Crippen molar-refractivity contribution in [2.24, 2.45) is 0 Å². The number of carboxylic acids is 1. The molecular weight excluding hydrogens is 226 g/mol. The van der Waals surface area contributed by atoms with Crippen LogP contribution >= 0.6 is 0 Å². The van der Waals surface area contributed by atoms with Crippen molar-refractivity contribution in [1.82, 2.24) is 4.90 Å². The number of likely N-dealkylation sites (N-methyl/N-ethyl adjacent to an activating group) is 1. The van der Waals surface area contributed by atoms with Crippen molar-refractivity contribution < 1.29 is 9.90 Å². The summed E-state index contributed by atoms with van der Waals surface area (Å²) in [6, 6.07) is 7.86. The second-order valence-electron chi connectivity index (χ2n) is 4.94. The zero-order chi connectivity index (χ0) is 13.5. The lowest BCUT2D eigenvalue weighted by atomic mass is 10.0. The molecule has 0 aromatic heterocycles.